The Morgan fingerprint density at radius 3 is 2.59 bits per heavy atom. The second-order valence-electron chi connectivity index (χ2n) is 7.11. The van der Waals surface area contributed by atoms with Crippen molar-refractivity contribution in [3.63, 3.8) is 0 Å². The zero-order valence-corrected chi connectivity index (χ0v) is 16.3. The van der Waals surface area contributed by atoms with Gasteiger partial charge in [0.25, 0.3) is 0 Å². The summed E-state index contributed by atoms with van der Waals surface area (Å²) in [7, 11) is 0. The van der Waals surface area contributed by atoms with Gasteiger partial charge in [-0.3, -0.25) is 0 Å². The third-order valence-electron chi connectivity index (χ3n) is 4.99. The Morgan fingerprint density at radius 2 is 1.74 bits per heavy atom. The lowest BCUT2D eigenvalue weighted by atomic mass is 9.93. The molecule has 1 aliphatic rings. The molecule has 0 bridgehead atoms. The van der Waals surface area contributed by atoms with E-state index in [-0.39, 0.29) is 12.1 Å². The Hall–Kier alpha value is -2.49. The fourth-order valence-corrected chi connectivity index (χ4v) is 3.49. The number of aryl methyl sites for hydroxylation is 1. The van der Waals surface area contributed by atoms with Crippen molar-refractivity contribution in [2.75, 3.05) is 6.61 Å². The van der Waals surface area contributed by atoms with Crippen molar-refractivity contribution >= 4 is 6.09 Å². The molecular formula is C23H29NO3. The van der Waals surface area contributed by atoms with E-state index in [9.17, 15) is 4.79 Å². The van der Waals surface area contributed by atoms with Crippen molar-refractivity contribution in [2.45, 2.75) is 58.4 Å². The molecule has 4 heteroatoms. The second kappa shape index (κ2) is 9.45. The van der Waals surface area contributed by atoms with Crippen LogP contribution in [0.3, 0.4) is 0 Å². The fourth-order valence-electron chi connectivity index (χ4n) is 3.49. The van der Waals surface area contributed by atoms with E-state index in [4.69, 9.17) is 9.47 Å². The molecule has 144 valence electrons. The van der Waals surface area contributed by atoms with Crippen LogP contribution in [0.15, 0.2) is 42.5 Å². The molecule has 1 atom stereocenters. The zero-order chi connectivity index (χ0) is 19.1. The molecule has 2 aromatic rings. The summed E-state index contributed by atoms with van der Waals surface area (Å²) < 4.78 is 11.5. The molecule has 1 aliphatic heterocycles. The van der Waals surface area contributed by atoms with Crippen LogP contribution in [-0.2, 0) is 4.74 Å². The van der Waals surface area contributed by atoms with Gasteiger partial charge in [0.15, 0.2) is 0 Å². The number of ether oxygens (including phenoxy) is 2. The molecule has 0 unspecified atom stereocenters. The van der Waals surface area contributed by atoms with Gasteiger partial charge in [0.2, 0.25) is 0 Å². The van der Waals surface area contributed by atoms with Gasteiger partial charge in [-0.2, -0.15) is 0 Å². The van der Waals surface area contributed by atoms with Gasteiger partial charge in [0, 0.05) is 11.1 Å². The molecule has 1 N–H and O–H groups in total. The van der Waals surface area contributed by atoms with Gasteiger partial charge >= 0.3 is 6.09 Å². The predicted molar refractivity (Wildman–Crippen MR) is 107 cm³/mol. The molecule has 2 aromatic carbocycles. The summed E-state index contributed by atoms with van der Waals surface area (Å²) in [5.41, 5.74) is 2.96. The largest absolute Gasteiger partial charge is 0.456 e. The number of carbonyl (C=O) groups excluding carboxylic acids is 1. The molecule has 1 amide bonds. The first-order valence-corrected chi connectivity index (χ1v) is 10.00. The van der Waals surface area contributed by atoms with Gasteiger partial charge in [0.1, 0.15) is 11.5 Å². The predicted octanol–water partition coefficient (Wildman–Crippen LogP) is 6.28. The smallest absolute Gasteiger partial charge is 0.407 e. The quantitative estimate of drug-likeness (QED) is 0.559. The Balaban J connectivity index is 1.61. The van der Waals surface area contributed by atoms with Crippen molar-refractivity contribution in [2.24, 2.45) is 0 Å². The van der Waals surface area contributed by atoms with Gasteiger partial charge in [-0.05, 0) is 25.0 Å². The lowest BCUT2D eigenvalue weighted by Gasteiger charge is -2.29. The van der Waals surface area contributed by atoms with Gasteiger partial charge in [0.05, 0.1) is 12.6 Å². The molecular weight excluding hydrogens is 338 g/mol. The van der Waals surface area contributed by atoms with Crippen LogP contribution in [0.4, 0.5) is 4.79 Å². The summed E-state index contributed by atoms with van der Waals surface area (Å²) >= 11 is 0. The molecule has 4 nitrogen and oxygen atoms in total. The van der Waals surface area contributed by atoms with E-state index in [1.165, 1.54) is 25.7 Å². The number of nitrogens with one attached hydrogen (secondary N) is 1. The average molecular weight is 367 g/mol. The fraction of sp³-hybridized carbons (Fsp3) is 0.435. The standard InChI is InChI=1S/C23H29NO3/c1-3-4-5-6-7-10-16-26-23(25)24-21-18-13-8-9-15-20(18)27-22-17(2)12-11-14-19(21)22/h8-9,11-15,21H,3-7,10,16H2,1-2H3,(H,24,25)/t21-/m1/s1. The van der Waals surface area contributed by atoms with Crippen LogP contribution in [0.25, 0.3) is 0 Å². The Kier molecular flexibility index (Phi) is 6.74. The lowest BCUT2D eigenvalue weighted by Crippen LogP contribution is -2.32. The summed E-state index contributed by atoms with van der Waals surface area (Å²) in [4.78, 5) is 12.4. The minimum absolute atomic E-state index is 0.262. The number of para-hydroxylation sites is 2. The number of fused-ring (bicyclic) bond motifs is 2. The SMILES string of the molecule is CCCCCCCCOC(=O)N[C@@H]1c2ccccc2Oc2c(C)cccc21. The van der Waals surface area contributed by atoms with Gasteiger partial charge in [-0.15, -0.1) is 0 Å². The number of carbonyl (C=O) groups is 1. The molecule has 0 saturated heterocycles. The van der Waals surface area contributed by atoms with Gasteiger partial charge < -0.3 is 14.8 Å². The topological polar surface area (TPSA) is 47.6 Å². The summed E-state index contributed by atoms with van der Waals surface area (Å²) in [6.45, 7) is 4.69. The third-order valence-corrected chi connectivity index (χ3v) is 4.99. The second-order valence-corrected chi connectivity index (χ2v) is 7.11. The highest BCUT2D eigenvalue weighted by Crippen LogP contribution is 2.44. The number of hydrogen-bond acceptors (Lipinski definition) is 3. The van der Waals surface area contributed by atoms with E-state index in [1.807, 2.05) is 49.4 Å². The van der Waals surface area contributed by atoms with Crippen molar-refractivity contribution in [1.29, 1.82) is 0 Å². The van der Waals surface area contributed by atoms with Crippen LogP contribution < -0.4 is 10.1 Å². The highest BCUT2D eigenvalue weighted by molar-refractivity contribution is 5.70. The molecule has 0 fully saturated rings. The Labute approximate surface area is 161 Å². The maximum atomic E-state index is 12.4. The first kappa shape index (κ1) is 19.3. The van der Waals surface area contributed by atoms with Gasteiger partial charge in [-0.1, -0.05) is 75.4 Å². The first-order chi connectivity index (χ1) is 13.2. The monoisotopic (exact) mass is 367 g/mol. The summed E-state index contributed by atoms with van der Waals surface area (Å²) in [5, 5.41) is 3.03. The van der Waals surface area contributed by atoms with Crippen molar-refractivity contribution < 1.29 is 14.3 Å². The number of alkyl carbamates (subject to hydrolysis) is 1. The third kappa shape index (κ3) is 4.82. The van der Waals surface area contributed by atoms with E-state index < -0.39 is 0 Å². The average Bonchev–Trinajstić information content (AvgIpc) is 2.68. The number of hydrogen-bond donors (Lipinski definition) is 1. The number of rotatable bonds is 8. The maximum Gasteiger partial charge on any atom is 0.407 e. The molecule has 0 aromatic heterocycles. The number of benzene rings is 2. The molecule has 0 saturated carbocycles. The van der Waals surface area contributed by atoms with Crippen LogP contribution in [0.5, 0.6) is 11.5 Å². The van der Waals surface area contributed by atoms with E-state index in [0.717, 1.165) is 41.0 Å². The van der Waals surface area contributed by atoms with E-state index in [0.29, 0.717) is 6.61 Å². The van der Waals surface area contributed by atoms with Crippen molar-refractivity contribution in [1.82, 2.24) is 5.32 Å². The highest BCUT2D eigenvalue weighted by Gasteiger charge is 2.29. The Morgan fingerprint density at radius 1 is 1.00 bits per heavy atom. The van der Waals surface area contributed by atoms with E-state index >= 15 is 0 Å². The van der Waals surface area contributed by atoms with E-state index in [2.05, 4.69) is 12.2 Å². The van der Waals surface area contributed by atoms with Crippen LogP contribution in [-0.4, -0.2) is 12.7 Å². The van der Waals surface area contributed by atoms with Crippen LogP contribution >= 0.6 is 0 Å². The number of amides is 1. The molecule has 27 heavy (non-hydrogen) atoms. The van der Waals surface area contributed by atoms with Crippen LogP contribution in [0.2, 0.25) is 0 Å². The van der Waals surface area contributed by atoms with Crippen LogP contribution in [0, 0.1) is 6.92 Å². The molecule has 3 rings (SSSR count). The van der Waals surface area contributed by atoms with Crippen LogP contribution in [0.1, 0.15) is 68.2 Å². The molecule has 0 radical (unpaired) electrons. The summed E-state index contributed by atoms with van der Waals surface area (Å²) in [5.74, 6) is 1.60. The van der Waals surface area contributed by atoms with Crippen molar-refractivity contribution in [3.05, 3.63) is 59.2 Å². The first-order valence-electron chi connectivity index (χ1n) is 10.00. The molecule has 1 heterocycles. The zero-order valence-electron chi connectivity index (χ0n) is 16.3. The lowest BCUT2D eigenvalue weighted by molar-refractivity contribution is 0.141. The minimum Gasteiger partial charge on any atom is -0.456 e. The number of unbranched alkanes of at least 4 members (excludes halogenated alkanes) is 5. The van der Waals surface area contributed by atoms with E-state index in [1.54, 1.807) is 0 Å². The van der Waals surface area contributed by atoms with Crippen molar-refractivity contribution in [3.8, 4) is 11.5 Å². The van der Waals surface area contributed by atoms with Gasteiger partial charge in [-0.25, -0.2) is 4.79 Å². The maximum absolute atomic E-state index is 12.4. The highest BCUT2D eigenvalue weighted by atomic mass is 16.5. The Bertz CT molecular complexity index is 772. The molecule has 0 aliphatic carbocycles. The summed E-state index contributed by atoms with van der Waals surface area (Å²) in [6, 6.07) is 13.6. The summed E-state index contributed by atoms with van der Waals surface area (Å²) in [6.07, 6.45) is 6.64. The normalized spacial score (nSPS) is 14.7. The molecule has 0 spiro atoms. The minimum atomic E-state index is -0.377.